The number of amides is 1. The molecule has 7 nitrogen and oxygen atoms in total. The number of rotatable bonds is 4. The average Bonchev–Trinajstić information content (AvgIpc) is 3.07. The van der Waals surface area contributed by atoms with Crippen molar-refractivity contribution in [1.82, 2.24) is 14.0 Å². The highest BCUT2D eigenvalue weighted by molar-refractivity contribution is 5.85. The summed E-state index contributed by atoms with van der Waals surface area (Å²) in [6, 6.07) is 11.3. The fourth-order valence-corrected chi connectivity index (χ4v) is 3.37. The molecule has 1 aliphatic heterocycles. The Kier molecular flexibility index (Phi) is 6.39. The Morgan fingerprint density at radius 1 is 1.15 bits per heavy atom. The van der Waals surface area contributed by atoms with E-state index in [1.165, 1.54) is 29.4 Å². The maximum atomic E-state index is 12.6. The highest BCUT2D eigenvalue weighted by Crippen LogP contribution is 2.32. The first-order valence-electron chi connectivity index (χ1n) is 8.30. The molecule has 1 aromatic heterocycles. The van der Waals surface area contributed by atoms with Crippen LogP contribution in [0.25, 0.3) is 0 Å². The van der Waals surface area contributed by atoms with Gasteiger partial charge in [0.1, 0.15) is 6.54 Å². The lowest BCUT2D eigenvalue weighted by molar-refractivity contribution is -0.131. The lowest BCUT2D eigenvalue weighted by atomic mass is 9.89. The van der Waals surface area contributed by atoms with E-state index in [0.717, 1.165) is 4.57 Å². The van der Waals surface area contributed by atoms with Crippen molar-refractivity contribution >= 4 is 18.3 Å². The molecule has 2 aromatic rings. The SMILES string of the molecule is Cl.Cn1c(=O)ccn(CC(=O)N2C[C@@H](CN)[C@H](c3ccccc3)C2)c1=O. The minimum Gasteiger partial charge on any atom is -0.340 e. The molecule has 2 atom stereocenters. The molecule has 8 heteroatoms. The molecule has 1 aromatic carbocycles. The van der Waals surface area contributed by atoms with Crippen LogP contribution >= 0.6 is 12.4 Å². The van der Waals surface area contributed by atoms with Gasteiger partial charge in [-0.3, -0.25) is 18.7 Å². The Labute approximate surface area is 157 Å². The summed E-state index contributed by atoms with van der Waals surface area (Å²) >= 11 is 0. The third-order valence-electron chi connectivity index (χ3n) is 4.89. The summed E-state index contributed by atoms with van der Waals surface area (Å²) in [5.41, 5.74) is 6.20. The van der Waals surface area contributed by atoms with Crippen LogP contribution in [-0.2, 0) is 18.4 Å². The lowest BCUT2D eigenvalue weighted by Gasteiger charge is -2.17. The predicted octanol–water partition coefficient (Wildman–Crippen LogP) is 0.170. The second kappa shape index (κ2) is 8.33. The van der Waals surface area contributed by atoms with E-state index in [0.29, 0.717) is 19.6 Å². The zero-order chi connectivity index (χ0) is 18.0. The molecular weight excluding hydrogens is 356 g/mol. The molecule has 140 valence electrons. The number of hydrogen-bond acceptors (Lipinski definition) is 4. The third-order valence-corrected chi connectivity index (χ3v) is 4.89. The van der Waals surface area contributed by atoms with Gasteiger partial charge in [0, 0.05) is 38.3 Å². The molecule has 0 unspecified atom stereocenters. The van der Waals surface area contributed by atoms with E-state index < -0.39 is 5.69 Å². The van der Waals surface area contributed by atoms with Gasteiger partial charge in [-0.15, -0.1) is 12.4 Å². The quantitative estimate of drug-likeness (QED) is 0.821. The molecule has 26 heavy (non-hydrogen) atoms. The summed E-state index contributed by atoms with van der Waals surface area (Å²) < 4.78 is 2.25. The van der Waals surface area contributed by atoms with Gasteiger partial charge in [0.25, 0.3) is 5.56 Å². The first-order chi connectivity index (χ1) is 12.0. The molecule has 0 radical (unpaired) electrons. The molecule has 2 N–H and O–H groups in total. The largest absolute Gasteiger partial charge is 0.340 e. The Morgan fingerprint density at radius 2 is 1.85 bits per heavy atom. The van der Waals surface area contributed by atoms with Crippen LogP contribution in [0.5, 0.6) is 0 Å². The zero-order valence-corrected chi connectivity index (χ0v) is 15.4. The standard InChI is InChI=1S/C18H22N4O3.ClH/c1-20-16(23)7-8-21(18(20)25)12-17(24)22-10-14(9-19)15(11-22)13-5-3-2-4-6-13;/h2-8,14-15H,9-12,19H2,1H3;1H/t14-,15+;/m1./s1. The minimum absolute atomic E-state index is 0. The van der Waals surface area contributed by atoms with Crippen molar-refractivity contribution in [3.8, 4) is 0 Å². The van der Waals surface area contributed by atoms with Crippen LogP contribution in [0.2, 0.25) is 0 Å². The van der Waals surface area contributed by atoms with E-state index >= 15 is 0 Å². The molecule has 1 aliphatic rings. The number of hydrogen-bond donors (Lipinski definition) is 1. The maximum absolute atomic E-state index is 12.6. The van der Waals surface area contributed by atoms with E-state index in [4.69, 9.17) is 5.73 Å². The van der Waals surface area contributed by atoms with Gasteiger partial charge >= 0.3 is 5.69 Å². The summed E-state index contributed by atoms with van der Waals surface area (Å²) in [5.74, 6) is 0.257. The number of nitrogens with zero attached hydrogens (tertiary/aromatic N) is 3. The monoisotopic (exact) mass is 378 g/mol. The van der Waals surface area contributed by atoms with Crippen molar-refractivity contribution in [2.24, 2.45) is 18.7 Å². The van der Waals surface area contributed by atoms with Crippen molar-refractivity contribution < 1.29 is 4.79 Å². The van der Waals surface area contributed by atoms with Gasteiger partial charge in [0.05, 0.1) is 0 Å². The van der Waals surface area contributed by atoms with Crippen molar-refractivity contribution in [2.75, 3.05) is 19.6 Å². The molecule has 1 amide bonds. The molecule has 3 rings (SSSR count). The van der Waals surface area contributed by atoms with Gasteiger partial charge in [-0.05, 0) is 18.0 Å². The van der Waals surface area contributed by atoms with Gasteiger partial charge in [-0.25, -0.2) is 4.79 Å². The fourth-order valence-electron chi connectivity index (χ4n) is 3.37. The van der Waals surface area contributed by atoms with E-state index in [1.54, 1.807) is 4.90 Å². The number of nitrogens with two attached hydrogens (primary N) is 1. The van der Waals surface area contributed by atoms with E-state index in [9.17, 15) is 14.4 Å². The molecule has 2 heterocycles. The van der Waals surface area contributed by atoms with Gasteiger partial charge < -0.3 is 10.6 Å². The summed E-state index contributed by atoms with van der Waals surface area (Å²) in [7, 11) is 1.40. The number of carbonyl (C=O) groups is 1. The van der Waals surface area contributed by atoms with Gasteiger partial charge in [0.15, 0.2) is 0 Å². The average molecular weight is 379 g/mol. The minimum atomic E-state index is -0.491. The van der Waals surface area contributed by atoms with E-state index in [2.05, 4.69) is 12.1 Å². The summed E-state index contributed by atoms with van der Waals surface area (Å²) in [6.45, 7) is 1.59. The van der Waals surface area contributed by atoms with E-state index in [-0.39, 0.29) is 42.3 Å². The zero-order valence-electron chi connectivity index (χ0n) is 14.6. The molecule has 1 fully saturated rings. The number of halogens is 1. The van der Waals surface area contributed by atoms with E-state index in [1.807, 2.05) is 18.2 Å². The normalized spacial score (nSPS) is 19.2. The number of likely N-dealkylation sites (tertiary alicyclic amines) is 1. The molecular formula is C18H23ClN4O3. The van der Waals surface area contributed by atoms with Gasteiger partial charge in [-0.2, -0.15) is 0 Å². The topological polar surface area (TPSA) is 90.3 Å². The number of benzene rings is 1. The number of carbonyl (C=O) groups excluding carboxylic acids is 1. The van der Waals surface area contributed by atoms with Gasteiger partial charge in [0.2, 0.25) is 5.91 Å². The smallest absolute Gasteiger partial charge is 0.331 e. The second-order valence-electron chi connectivity index (χ2n) is 6.44. The number of aromatic nitrogens is 2. The van der Waals surface area contributed by atoms with Crippen LogP contribution in [0.3, 0.4) is 0 Å². The summed E-state index contributed by atoms with van der Waals surface area (Å²) in [4.78, 5) is 37.9. The second-order valence-corrected chi connectivity index (χ2v) is 6.44. The molecule has 1 saturated heterocycles. The van der Waals surface area contributed by atoms with Crippen LogP contribution in [0, 0.1) is 5.92 Å². The molecule has 0 spiro atoms. The first kappa shape index (κ1) is 19.9. The van der Waals surface area contributed by atoms with Crippen LogP contribution in [0.15, 0.2) is 52.2 Å². The highest BCUT2D eigenvalue weighted by Gasteiger charge is 2.35. The Bertz CT molecular complexity index is 878. The van der Waals surface area contributed by atoms with Crippen molar-refractivity contribution in [2.45, 2.75) is 12.5 Å². The molecule has 0 aliphatic carbocycles. The summed E-state index contributed by atoms with van der Waals surface area (Å²) in [5, 5.41) is 0. The van der Waals surface area contributed by atoms with Crippen LogP contribution in [-0.4, -0.2) is 39.6 Å². The van der Waals surface area contributed by atoms with Crippen LogP contribution in [0.4, 0.5) is 0 Å². The van der Waals surface area contributed by atoms with Crippen LogP contribution in [0.1, 0.15) is 11.5 Å². The van der Waals surface area contributed by atoms with Crippen molar-refractivity contribution in [1.29, 1.82) is 0 Å². The highest BCUT2D eigenvalue weighted by atomic mass is 35.5. The molecule has 0 saturated carbocycles. The Hall–Kier alpha value is -2.38. The Balaban J connectivity index is 0.00000243. The predicted molar refractivity (Wildman–Crippen MR) is 101 cm³/mol. The van der Waals surface area contributed by atoms with Crippen molar-refractivity contribution in [3.63, 3.8) is 0 Å². The lowest BCUT2D eigenvalue weighted by Crippen LogP contribution is -2.41. The Morgan fingerprint density at radius 3 is 2.50 bits per heavy atom. The fraction of sp³-hybridized carbons (Fsp3) is 0.389. The summed E-state index contributed by atoms with van der Waals surface area (Å²) in [6.07, 6.45) is 1.37. The first-order valence-corrected chi connectivity index (χ1v) is 8.30. The maximum Gasteiger partial charge on any atom is 0.331 e. The van der Waals surface area contributed by atoms with Crippen LogP contribution < -0.4 is 17.0 Å². The third kappa shape index (κ3) is 3.89. The van der Waals surface area contributed by atoms with Crippen molar-refractivity contribution in [3.05, 3.63) is 69.0 Å². The molecule has 0 bridgehead atoms. The van der Waals surface area contributed by atoms with Gasteiger partial charge in [-0.1, -0.05) is 30.3 Å².